The van der Waals surface area contributed by atoms with Crippen LogP contribution in [0.4, 0.5) is 0 Å². The van der Waals surface area contributed by atoms with Crippen LogP contribution in [0.1, 0.15) is 30.0 Å². The van der Waals surface area contributed by atoms with Crippen molar-refractivity contribution in [2.45, 2.75) is 31.8 Å². The number of benzene rings is 1. The highest BCUT2D eigenvalue weighted by Gasteiger charge is 2.19. The molecule has 1 aromatic carbocycles. The third-order valence-corrected chi connectivity index (χ3v) is 5.66. The molecule has 1 saturated heterocycles. The summed E-state index contributed by atoms with van der Waals surface area (Å²) in [6, 6.07) is 10.5. The van der Waals surface area contributed by atoms with Gasteiger partial charge in [0.2, 0.25) is 5.91 Å². The maximum atomic E-state index is 12.3. The van der Waals surface area contributed by atoms with E-state index in [1.54, 1.807) is 17.5 Å². The van der Waals surface area contributed by atoms with Gasteiger partial charge in [-0.15, -0.1) is 11.3 Å². The molecule has 25 heavy (non-hydrogen) atoms. The fourth-order valence-electron chi connectivity index (χ4n) is 3.44. The fraction of sp³-hybridized carbons (Fsp3) is 0.368. The zero-order valence-corrected chi connectivity index (χ0v) is 14.9. The van der Waals surface area contributed by atoms with Gasteiger partial charge >= 0.3 is 0 Å². The van der Waals surface area contributed by atoms with Crippen LogP contribution in [-0.4, -0.2) is 28.8 Å². The third-order valence-electron chi connectivity index (χ3n) is 4.76. The lowest BCUT2D eigenvalue weighted by atomic mass is 9.96. The minimum atomic E-state index is -0.000802. The zero-order valence-electron chi connectivity index (χ0n) is 14.1. The number of piperidine rings is 1. The van der Waals surface area contributed by atoms with Crippen LogP contribution < -0.4 is 10.6 Å². The van der Waals surface area contributed by atoms with Crippen molar-refractivity contribution in [3.63, 3.8) is 0 Å². The molecule has 2 N–H and O–H groups in total. The molecule has 1 unspecified atom stereocenters. The number of amides is 1. The van der Waals surface area contributed by atoms with E-state index in [0.717, 1.165) is 30.8 Å². The van der Waals surface area contributed by atoms with Crippen LogP contribution in [0.2, 0.25) is 0 Å². The van der Waals surface area contributed by atoms with Gasteiger partial charge in [-0.2, -0.15) is 5.10 Å². The number of fused-ring (bicyclic) bond motifs is 1. The topological polar surface area (TPSA) is 59.0 Å². The summed E-state index contributed by atoms with van der Waals surface area (Å²) in [5.41, 5.74) is 2.28. The number of thiophene rings is 1. The van der Waals surface area contributed by atoms with Gasteiger partial charge in [0.15, 0.2) is 0 Å². The van der Waals surface area contributed by atoms with E-state index in [4.69, 9.17) is 0 Å². The number of nitrogens with one attached hydrogen (secondary N) is 2. The normalized spacial score (nSPS) is 17.7. The van der Waals surface area contributed by atoms with E-state index in [1.165, 1.54) is 16.5 Å². The quantitative estimate of drug-likeness (QED) is 0.741. The predicted octanol–water partition coefficient (Wildman–Crippen LogP) is 2.88. The Labute approximate surface area is 151 Å². The van der Waals surface area contributed by atoms with E-state index in [1.807, 2.05) is 10.7 Å². The average Bonchev–Trinajstić information content (AvgIpc) is 3.29. The van der Waals surface area contributed by atoms with Crippen LogP contribution in [0.3, 0.4) is 0 Å². The maximum absolute atomic E-state index is 12.3. The van der Waals surface area contributed by atoms with Crippen molar-refractivity contribution in [3.8, 4) is 0 Å². The van der Waals surface area contributed by atoms with Crippen molar-refractivity contribution in [3.05, 3.63) is 53.2 Å². The monoisotopic (exact) mass is 354 g/mol. The SMILES string of the molecule is O=C(Cn1nccc1C1CCCNC1)NCc1ccc2sccc2c1. The Balaban J connectivity index is 1.36. The lowest BCUT2D eigenvalue weighted by molar-refractivity contribution is -0.122. The van der Waals surface area contributed by atoms with Crippen LogP contribution in [0.15, 0.2) is 41.9 Å². The van der Waals surface area contributed by atoms with Crippen molar-refractivity contribution < 1.29 is 4.79 Å². The highest BCUT2D eigenvalue weighted by molar-refractivity contribution is 7.17. The summed E-state index contributed by atoms with van der Waals surface area (Å²) in [5.74, 6) is 0.448. The molecule has 0 bridgehead atoms. The molecule has 0 spiro atoms. The first-order valence-electron chi connectivity index (χ1n) is 8.75. The molecule has 130 valence electrons. The summed E-state index contributed by atoms with van der Waals surface area (Å²) >= 11 is 1.73. The van der Waals surface area contributed by atoms with Crippen molar-refractivity contribution in [2.24, 2.45) is 0 Å². The first-order valence-corrected chi connectivity index (χ1v) is 9.63. The minimum absolute atomic E-state index is 0.000802. The van der Waals surface area contributed by atoms with Gasteiger partial charge < -0.3 is 10.6 Å². The number of aromatic nitrogens is 2. The summed E-state index contributed by atoms with van der Waals surface area (Å²) in [4.78, 5) is 12.3. The second kappa shape index (κ2) is 7.37. The van der Waals surface area contributed by atoms with Gasteiger partial charge in [-0.05, 0) is 60.0 Å². The summed E-state index contributed by atoms with van der Waals surface area (Å²) in [5, 5.41) is 14.1. The van der Waals surface area contributed by atoms with Gasteiger partial charge in [-0.25, -0.2) is 0 Å². The Hall–Kier alpha value is -2.18. The zero-order chi connectivity index (χ0) is 17.1. The van der Waals surface area contributed by atoms with Gasteiger partial charge in [-0.3, -0.25) is 9.48 Å². The van der Waals surface area contributed by atoms with Gasteiger partial charge in [0, 0.05) is 35.6 Å². The van der Waals surface area contributed by atoms with E-state index in [9.17, 15) is 4.79 Å². The molecule has 3 heterocycles. The molecule has 3 aromatic rings. The smallest absolute Gasteiger partial charge is 0.242 e. The summed E-state index contributed by atoms with van der Waals surface area (Å²) in [6.45, 7) is 2.87. The molecule has 0 saturated carbocycles. The molecule has 1 atom stereocenters. The van der Waals surface area contributed by atoms with Crippen molar-refractivity contribution >= 4 is 27.3 Å². The lowest BCUT2D eigenvalue weighted by Crippen LogP contribution is -2.32. The third kappa shape index (κ3) is 3.75. The molecule has 1 aliphatic heterocycles. The van der Waals surface area contributed by atoms with Crippen LogP contribution in [0.25, 0.3) is 10.1 Å². The van der Waals surface area contributed by atoms with Crippen LogP contribution in [0, 0.1) is 0 Å². The largest absolute Gasteiger partial charge is 0.350 e. The second-order valence-electron chi connectivity index (χ2n) is 6.53. The molecular formula is C19H22N4OS. The van der Waals surface area contributed by atoms with Crippen LogP contribution in [0.5, 0.6) is 0 Å². The minimum Gasteiger partial charge on any atom is -0.350 e. The molecule has 1 fully saturated rings. The Morgan fingerprint density at radius 2 is 2.32 bits per heavy atom. The van der Waals surface area contributed by atoms with E-state index >= 15 is 0 Å². The fourth-order valence-corrected chi connectivity index (χ4v) is 4.22. The first kappa shape index (κ1) is 16.3. The highest BCUT2D eigenvalue weighted by Crippen LogP contribution is 2.23. The Kier molecular flexibility index (Phi) is 4.81. The van der Waals surface area contributed by atoms with Crippen molar-refractivity contribution in [2.75, 3.05) is 13.1 Å². The van der Waals surface area contributed by atoms with E-state index in [0.29, 0.717) is 12.5 Å². The molecule has 4 rings (SSSR count). The van der Waals surface area contributed by atoms with Crippen molar-refractivity contribution in [1.82, 2.24) is 20.4 Å². The van der Waals surface area contributed by atoms with Gasteiger partial charge in [0.1, 0.15) is 6.54 Å². The number of nitrogens with zero attached hydrogens (tertiary/aromatic N) is 2. The molecule has 6 heteroatoms. The Bertz CT molecular complexity index is 863. The molecule has 5 nitrogen and oxygen atoms in total. The van der Waals surface area contributed by atoms with Crippen molar-refractivity contribution in [1.29, 1.82) is 0 Å². The van der Waals surface area contributed by atoms with Gasteiger partial charge in [-0.1, -0.05) is 6.07 Å². The van der Waals surface area contributed by atoms with E-state index in [2.05, 4.69) is 45.4 Å². The molecule has 0 aliphatic carbocycles. The Morgan fingerprint density at radius 3 is 3.20 bits per heavy atom. The molecule has 1 amide bonds. The predicted molar refractivity (Wildman–Crippen MR) is 101 cm³/mol. The molecule has 1 aliphatic rings. The first-order chi connectivity index (χ1) is 12.3. The Morgan fingerprint density at radius 1 is 1.36 bits per heavy atom. The molecule has 2 aromatic heterocycles. The highest BCUT2D eigenvalue weighted by atomic mass is 32.1. The number of carbonyl (C=O) groups excluding carboxylic acids is 1. The molecule has 0 radical (unpaired) electrons. The van der Waals surface area contributed by atoms with Crippen LogP contribution >= 0.6 is 11.3 Å². The lowest BCUT2D eigenvalue weighted by Gasteiger charge is -2.23. The summed E-state index contributed by atoms with van der Waals surface area (Å²) in [7, 11) is 0. The average molecular weight is 354 g/mol. The van der Waals surface area contributed by atoms with E-state index < -0.39 is 0 Å². The van der Waals surface area contributed by atoms with Crippen LogP contribution in [-0.2, 0) is 17.9 Å². The second-order valence-corrected chi connectivity index (χ2v) is 7.47. The summed E-state index contributed by atoms with van der Waals surface area (Å²) in [6.07, 6.45) is 4.12. The molecular weight excluding hydrogens is 332 g/mol. The van der Waals surface area contributed by atoms with Gasteiger partial charge in [0.25, 0.3) is 0 Å². The number of hydrogen-bond acceptors (Lipinski definition) is 4. The standard InChI is InChI=1S/C19H22N4OS/c24-19(21-11-14-3-4-18-15(10-14)6-9-25-18)13-23-17(5-8-22-23)16-2-1-7-20-12-16/h3-6,8-10,16,20H,1-2,7,11-13H2,(H,21,24). The number of rotatable bonds is 5. The van der Waals surface area contributed by atoms with E-state index in [-0.39, 0.29) is 12.5 Å². The number of hydrogen-bond donors (Lipinski definition) is 2. The summed E-state index contributed by atoms with van der Waals surface area (Å²) < 4.78 is 3.12. The number of carbonyl (C=O) groups is 1. The van der Waals surface area contributed by atoms with Gasteiger partial charge in [0.05, 0.1) is 0 Å². The maximum Gasteiger partial charge on any atom is 0.242 e.